The molecule has 1 aliphatic rings. The number of halogens is 1. The predicted octanol–water partition coefficient (Wildman–Crippen LogP) is 0.592. The first-order valence-electron chi connectivity index (χ1n) is 8.06. The average Bonchev–Trinajstić information content (AvgIpc) is 2.59. The van der Waals surface area contributed by atoms with Gasteiger partial charge in [0.1, 0.15) is 5.82 Å². The van der Waals surface area contributed by atoms with Crippen LogP contribution < -0.4 is 16.0 Å². The first kappa shape index (κ1) is 18.7. The smallest absolute Gasteiger partial charge is 0.242 e. The van der Waals surface area contributed by atoms with Gasteiger partial charge in [0.2, 0.25) is 11.8 Å². The number of nitrogens with zero attached hydrogens (tertiary/aromatic N) is 3. The van der Waals surface area contributed by atoms with Crippen molar-refractivity contribution >= 4 is 33.6 Å². The van der Waals surface area contributed by atoms with Gasteiger partial charge in [-0.05, 0) is 34.0 Å². The van der Waals surface area contributed by atoms with E-state index in [0.717, 1.165) is 23.4 Å². The minimum atomic E-state index is -0.585. The second kappa shape index (κ2) is 8.43. The van der Waals surface area contributed by atoms with Crippen LogP contribution in [0.15, 0.2) is 22.8 Å². The molecule has 0 saturated carbocycles. The minimum Gasteiger partial charge on any atom is -0.353 e. The molecule has 3 N–H and O–H groups in total. The van der Waals surface area contributed by atoms with Crippen molar-refractivity contribution in [2.45, 2.75) is 19.9 Å². The van der Waals surface area contributed by atoms with E-state index in [1.54, 1.807) is 11.1 Å². The van der Waals surface area contributed by atoms with Crippen LogP contribution in [0.4, 0.5) is 5.82 Å². The first-order valence-corrected chi connectivity index (χ1v) is 8.85. The molecule has 24 heavy (non-hydrogen) atoms. The lowest BCUT2D eigenvalue weighted by molar-refractivity contribution is -0.133. The second-order valence-corrected chi connectivity index (χ2v) is 7.11. The maximum absolute atomic E-state index is 12.2. The number of amides is 2. The Kier molecular flexibility index (Phi) is 6.56. The number of carbonyl (C=O) groups is 2. The molecule has 0 aromatic carbocycles. The fourth-order valence-electron chi connectivity index (χ4n) is 2.44. The SMILES string of the molecule is CC(C)[C@H](N)C(=O)NCC(=O)N1CCN(c2ccc(Br)cn2)CC1. The van der Waals surface area contributed by atoms with Crippen molar-refractivity contribution in [3.8, 4) is 0 Å². The molecular formula is C16H24BrN5O2. The zero-order valence-electron chi connectivity index (χ0n) is 14.0. The fraction of sp³-hybridized carbons (Fsp3) is 0.562. The van der Waals surface area contributed by atoms with Crippen molar-refractivity contribution in [2.24, 2.45) is 11.7 Å². The van der Waals surface area contributed by atoms with Gasteiger partial charge < -0.3 is 20.9 Å². The molecule has 0 unspecified atom stereocenters. The van der Waals surface area contributed by atoms with Gasteiger partial charge in [0.25, 0.3) is 0 Å². The van der Waals surface area contributed by atoms with Gasteiger partial charge in [0.05, 0.1) is 12.6 Å². The van der Waals surface area contributed by atoms with E-state index >= 15 is 0 Å². The van der Waals surface area contributed by atoms with Crippen LogP contribution in [0.3, 0.4) is 0 Å². The molecule has 0 bridgehead atoms. The Hall–Kier alpha value is -1.67. The van der Waals surface area contributed by atoms with Gasteiger partial charge in [-0.3, -0.25) is 9.59 Å². The third kappa shape index (κ3) is 4.91. The van der Waals surface area contributed by atoms with Gasteiger partial charge >= 0.3 is 0 Å². The average molecular weight is 398 g/mol. The van der Waals surface area contributed by atoms with Crippen LogP contribution in [0.2, 0.25) is 0 Å². The van der Waals surface area contributed by atoms with E-state index in [9.17, 15) is 9.59 Å². The highest BCUT2D eigenvalue weighted by molar-refractivity contribution is 9.10. The van der Waals surface area contributed by atoms with Gasteiger partial charge in [-0.2, -0.15) is 0 Å². The normalized spacial score (nSPS) is 16.2. The number of hydrogen-bond acceptors (Lipinski definition) is 5. The van der Waals surface area contributed by atoms with E-state index in [0.29, 0.717) is 13.1 Å². The Bertz CT molecular complexity index is 570. The first-order chi connectivity index (χ1) is 11.4. The van der Waals surface area contributed by atoms with E-state index < -0.39 is 6.04 Å². The number of pyridine rings is 1. The lowest BCUT2D eigenvalue weighted by Crippen LogP contribution is -2.53. The van der Waals surface area contributed by atoms with E-state index in [1.165, 1.54) is 0 Å². The third-order valence-electron chi connectivity index (χ3n) is 4.10. The van der Waals surface area contributed by atoms with Crippen LogP contribution in [-0.2, 0) is 9.59 Å². The van der Waals surface area contributed by atoms with Crippen molar-refractivity contribution in [2.75, 3.05) is 37.6 Å². The number of piperazine rings is 1. The van der Waals surface area contributed by atoms with Crippen molar-refractivity contribution in [3.05, 3.63) is 22.8 Å². The van der Waals surface area contributed by atoms with Gasteiger partial charge in [0.15, 0.2) is 0 Å². The molecular weight excluding hydrogens is 374 g/mol. The molecule has 2 amide bonds. The lowest BCUT2D eigenvalue weighted by atomic mass is 10.1. The van der Waals surface area contributed by atoms with Gasteiger partial charge in [0, 0.05) is 36.8 Å². The lowest BCUT2D eigenvalue weighted by Gasteiger charge is -2.35. The molecule has 1 aromatic rings. The molecule has 1 aliphatic heterocycles. The van der Waals surface area contributed by atoms with Gasteiger partial charge in [-0.25, -0.2) is 4.98 Å². The number of hydrogen-bond donors (Lipinski definition) is 2. The highest BCUT2D eigenvalue weighted by Crippen LogP contribution is 2.16. The number of nitrogens with one attached hydrogen (secondary N) is 1. The predicted molar refractivity (Wildman–Crippen MR) is 96.6 cm³/mol. The van der Waals surface area contributed by atoms with E-state index in [2.05, 4.69) is 31.1 Å². The molecule has 7 nitrogen and oxygen atoms in total. The van der Waals surface area contributed by atoms with Crippen molar-refractivity contribution in [3.63, 3.8) is 0 Å². The topological polar surface area (TPSA) is 91.6 Å². The summed E-state index contributed by atoms with van der Waals surface area (Å²) in [7, 11) is 0. The van der Waals surface area contributed by atoms with Crippen molar-refractivity contribution < 1.29 is 9.59 Å². The molecule has 1 fully saturated rings. The summed E-state index contributed by atoms with van der Waals surface area (Å²) < 4.78 is 0.940. The summed E-state index contributed by atoms with van der Waals surface area (Å²) in [5, 5.41) is 2.62. The van der Waals surface area contributed by atoms with Crippen LogP contribution in [-0.4, -0.2) is 60.5 Å². The van der Waals surface area contributed by atoms with Crippen LogP contribution in [0.5, 0.6) is 0 Å². The minimum absolute atomic E-state index is 0.00418. The quantitative estimate of drug-likeness (QED) is 0.758. The summed E-state index contributed by atoms with van der Waals surface area (Å²) in [6, 6.07) is 3.32. The second-order valence-electron chi connectivity index (χ2n) is 6.19. The van der Waals surface area contributed by atoms with E-state index in [4.69, 9.17) is 5.73 Å². The molecule has 1 aromatic heterocycles. The van der Waals surface area contributed by atoms with Gasteiger partial charge in [-0.1, -0.05) is 13.8 Å². The molecule has 2 heterocycles. The van der Waals surface area contributed by atoms with Crippen LogP contribution in [0.25, 0.3) is 0 Å². The summed E-state index contributed by atoms with van der Waals surface area (Å²) in [6.45, 7) is 6.42. The van der Waals surface area contributed by atoms with Crippen molar-refractivity contribution in [1.82, 2.24) is 15.2 Å². The molecule has 1 saturated heterocycles. The van der Waals surface area contributed by atoms with Crippen LogP contribution in [0.1, 0.15) is 13.8 Å². The third-order valence-corrected chi connectivity index (χ3v) is 4.57. The summed E-state index contributed by atoms with van der Waals surface area (Å²) >= 11 is 3.37. The molecule has 2 rings (SSSR count). The fourth-order valence-corrected chi connectivity index (χ4v) is 2.67. The summed E-state index contributed by atoms with van der Waals surface area (Å²) in [5.41, 5.74) is 5.76. The van der Waals surface area contributed by atoms with E-state index in [1.807, 2.05) is 26.0 Å². The largest absolute Gasteiger partial charge is 0.353 e. The number of rotatable bonds is 5. The zero-order chi connectivity index (χ0) is 17.7. The molecule has 8 heteroatoms. The van der Waals surface area contributed by atoms with Crippen LogP contribution in [0, 0.1) is 5.92 Å². The number of anilines is 1. The molecule has 132 valence electrons. The molecule has 1 atom stereocenters. The molecule has 0 aliphatic carbocycles. The monoisotopic (exact) mass is 397 g/mol. The Morgan fingerprint density at radius 3 is 2.50 bits per heavy atom. The van der Waals surface area contributed by atoms with E-state index in [-0.39, 0.29) is 24.3 Å². The number of aromatic nitrogens is 1. The maximum atomic E-state index is 12.2. The van der Waals surface area contributed by atoms with Gasteiger partial charge in [-0.15, -0.1) is 0 Å². The Morgan fingerprint density at radius 1 is 1.29 bits per heavy atom. The maximum Gasteiger partial charge on any atom is 0.242 e. The summed E-state index contributed by atoms with van der Waals surface area (Å²) in [5.74, 6) is 0.585. The standard InChI is InChI=1S/C16H24BrN5O2/c1-11(2)15(18)16(24)20-10-14(23)22-7-5-21(6-8-22)13-4-3-12(17)9-19-13/h3-4,9,11,15H,5-8,10,18H2,1-2H3,(H,20,24)/t15-/m0/s1. The molecule has 0 spiro atoms. The highest BCUT2D eigenvalue weighted by atomic mass is 79.9. The van der Waals surface area contributed by atoms with Crippen LogP contribution >= 0.6 is 15.9 Å². The zero-order valence-corrected chi connectivity index (χ0v) is 15.6. The number of carbonyl (C=O) groups excluding carboxylic acids is 2. The highest BCUT2D eigenvalue weighted by Gasteiger charge is 2.23. The van der Waals surface area contributed by atoms with Crippen molar-refractivity contribution in [1.29, 1.82) is 0 Å². The summed E-state index contributed by atoms with van der Waals surface area (Å²) in [6.07, 6.45) is 1.76. The Labute approximate surface area is 150 Å². The number of nitrogens with two attached hydrogens (primary N) is 1. The Morgan fingerprint density at radius 2 is 1.96 bits per heavy atom. The molecule has 0 radical (unpaired) electrons. The Balaban J connectivity index is 1.78. The summed E-state index contributed by atoms with van der Waals surface area (Å²) in [4.78, 5) is 32.3.